The molecule has 0 saturated carbocycles. The Bertz CT molecular complexity index is 1460. The van der Waals surface area contributed by atoms with Gasteiger partial charge in [-0.3, -0.25) is 9.69 Å². The van der Waals surface area contributed by atoms with E-state index in [1.54, 1.807) is 10.8 Å². The molecule has 2 heterocycles. The van der Waals surface area contributed by atoms with Crippen molar-refractivity contribution in [2.45, 2.75) is 129 Å². The molecule has 0 unspecified atom stereocenters. The molecule has 1 aromatic carbocycles. The minimum Gasteiger partial charge on any atom is -0.444 e. The first-order valence-electron chi connectivity index (χ1n) is 16.3. The van der Waals surface area contributed by atoms with Gasteiger partial charge in [0.1, 0.15) is 18.4 Å². The molecule has 45 heavy (non-hydrogen) atoms. The topological polar surface area (TPSA) is 109 Å². The maximum atomic E-state index is 13.7. The summed E-state index contributed by atoms with van der Waals surface area (Å²) in [5.41, 5.74) is 2.83. The molecule has 1 N–H and O–H groups in total. The van der Waals surface area contributed by atoms with E-state index in [-0.39, 0.29) is 30.4 Å². The summed E-state index contributed by atoms with van der Waals surface area (Å²) in [6.45, 7) is 17.5. The number of anilines is 1. The van der Waals surface area contributed by atoms with E-state index in [2.05, 4.69) is 62.0 Å². The smallest absolute Gasteiger partial charge is 0.411 e. The number of nitrogens with zero attached hydrogens (tertiary/aromatic N) is 4. The number of carbonyl (C=O) groups excluding carboxylic acids is 2. The normalized spacial score (nSPS) is 20.7. The first-order valence-corrected chi connectivity index (χ1v) is 20.0. The van der Waals surface area contributed by atoms with Crippen LogP contribution < -0.4 is 5.32 Å². The summed E-state index contributed by atoms with van der Waals surface area (Å²) in [5.74, 6) is -0.264. The fourth-order valence-corrected chi connectivity index (χ4v) is 7.02. The number of hydrogen-bond donors (Lipinski definition) is 1. The lowest BCUT2D eigenvalue weighted by Crippen LogP contribution is -2.55. The highest BCUT2D eigenvalue weighted by Gasteiger charge is 2.44. The summed E-state index contributed by atoms with van der Waals surface area (Å²) in [7, 11) is -1.27. The Morgan fingerprint density at radius 2 is 1.96 bits per heavy atom. The largest absolute Gasteiger partial charge is 0.444 e. The summed E-state index contributed by atoms with van der Waals surface area (Å²) < 4.78 is 13.4. The van der Waals surface area contributed by atoms with Gasteiger partial charge in [0, 0.05) is 38.2 Å². The van der Waals surface area contributed by atoms with Crippen LogP contribution in [0.4, 0.5) is 10.5 Å². The second-order valence-corrected chi connectivity index (χ2v) is 20.6. The second-order valence-electron chi connectivity index (χ2n) is 14.9. The minimum absolute atomic E-state index is 0.0245. The standard InChI is InChI=1S/C35H51N5O4Si/c1-25-13-12-18-35(5,40(25)33(42)44-34(2,3)4)27-16-17-30(29(21-27)26-14-10-9-11-15-26)38-32(41)31-37-28(22-36)23-39(31)24-43-19-20-45(6,7)8/h14,16-17,21,23,25H,9-13,15,18-20,24H2,1-8H3,(H,38,41)/t25-,35-/m1/s1. The Kier molecular flexibility index (Phi) is 10.7. The maximum absolute atomic E-state index is 13.7. The van der Waals surface area contributed by atoms with E-state index in [4.69, 9.17) is 9.47 Å². The fraction of sp³-hybridized carbons (Fsp3) is 0.600. The van der Waals surface area contributed by atoms with Gasteiger partial charge >= 0.3 is 6.09 Å². The Balaban J connectivity index is 1.67. The number of amides is 2. The lowest BCUT2D eigenvalue weighted by atomic mass is 9.78. The zero-order valence-electron chi connectivity index (χ0n) is 28.5. The molecule has 9 nitrogen and oxygen atoms in total. The molecule has 0 radical (unpaired) electrons. The van der Waals surface area contributed by atoms with Crippen LogP contribution in [0.25, 0.3) is 5.57 Å². The van der Waals surface area contributed by atoms with Crippen molar-refractivity contribution in [1.82, 2.24) is 14.5 Å². The average molecular weight is 634 g/mol. The van der Waals surface area contributed by atoms with Crippen molar-refractivity contribution in [1.29, 1.82) is 5.26 Å². The predicted octanol–water partition coefficient (Wildman–Crippen LogP) is 8.30. The number of carbonyl (C=O) groups is 2. The summed E-state index contributed by atoms with van der Waals surface area (Å²) in [6, 6.07) is 9.19. The lowest BCUT2D eigenvalue weighted by Gasteiger charge is -2.49. The van der Waals surface area contributed by atoms with Crippen LogP contribution in [0.5, 0.6) is 0 Å². The third-order valence-corrected chi connectivity index (χ3v) is 10.4. The number of hydrogen-bond acceptors (Lipinski definition) is 6. The number of allylic oxidation sites excluding steroid dienone is 2. The van der Waals surface area contributed by atoms with E-state index < -0.39 is 25.1 Å². The molecule has 10 heteroatoms. The first kappa shape index (κ1) is 34.5. The number of nitriles is 1. The molecule has 0 bridgehead atoms. The van der Waals surface area contributed by atoms with Crippen LogP contribution in [0.15, 0.2) is 30.5 Å². The molecule has 2 atom stereocenters. The van der Waals surface area contributed by atoms with Crippen LogP contribution in [-0.2, 0) is 21.7 Å². The molecule has 0 spiro atoms. The van der Waals surface area contributed by atoms with E-state index in [9.17, 15) is 14.9 Å². The molecule has 244 valence electrons. The van der Waals surface area contributed by atoms with Crippen molar-refractivity contribution >= 4 is 31.3 Å². The van der Waals surface area contributed by atoms with Gasteiger partial charge < -0.3 is 19.4 Å². The summed E-state index contributed by atoms with van der Waals surface area (Å²) in [6.07, 6.45) is 10.4. The van der Waals surface area contributed by atoms with Crippen LogP contribution >= 0.6 is 0 Å². The molecule has 1 saturated heterocycles. The first-order chi connectivity index (χ1) is 21.1. The van der Waals surface area contributed by atoms with Gasteiger partial charge in [0.25, 0.3) is 5.91 Å². The van der Waals surface area contributed by atoms with Gasteiger partial charge in [0.2, 0.25) is 5.82 Å². The highest BCUT2D eigenvalue weighted by Crippen LogP contribution is 2.43. The molecule has 2 aromatic rings. The van der Waals surface area contributed by atoms with E-state index >= 15 is 0 Å². The van der Waals surface area contributed by atoms with Crippen LogP contribution in [-0.4, -0.2) is 52.8 Å². The van der Waals surface area contributed by atoms with Crippen LogP contribution in [0.1, 0.15) is 107 Å². The molecular formula is C35H51N5O4Si. The van der Waals surface area contributed by atoms with E-state index in [1.165, 1.54) is 5.57 Å². The third-order valence-electron chi connectivity index (χ3n) is 8.70. The second kappa shape index (κ2) is 13.9. The van der Waals surface area contributed by atoms with E-state index in [0.29, 0.717) is 12.3 Å². The number of aromatic nitrogens is 2. The number of benzene rings is 1. The lowest BCUT2D eigenvalue weighted by molar-refractivity contribution is -0.0300. The molecule has 2 amide bonds. The highest BCUT2D eigenvalue weighted by molar-refractivity contribution is 6.76. The Hall–Kier alpha value is -3.42. The minimum atomic E-state index is -1.27. The average Bonchev–Trinajstić information content (AvgIpc) is 3.38. The number of nitrogens with one attached hydrogen (secondary N) is 1. The Labute approximate surface area is 270 Å². The van der Waals surface area contributed by atoms with Gasteiger partial charge in [-0.1, -0.05) is 31.8 Å². The number of ether oxygens (including phenoxy) is 2. The fourth-order valence-electron chi connectivity index (χ4n) is 6.26. The number of imidazole rings is 1. The van der Waals surface area contributed by atoms with Crippen molar-refractivity contribution in [3.05, 3.63) is 53.1 Å². The van der Waals surface area contributed by atoms with Gasteiger partial charge in [0.05, 0.1) is 5.54 Å². The zero-order chi connectivity index (χ0) is 33.0. The van der Waals surface area contributed by atoms with E-state index in [0.717, 1.165) is 62.1 Å². The number of piperidine rings is 1. The van der Waals surface area contributed by atoms with Crippen molar-refractivity contribution in [2.24, 2.45) is 0 Å². The highest BCUT2D eigenvalue weighted by atomic mass is 28.3. The van der Waals surface area contributed by atoms with Gasteiger partial charge in [-0.25, -0.2) is 9.78 Å². The van der Waals surface area contributed by atoms with Crippen molar-refractivity contribution in [2.75, 3.05) is 11.9 Å². The summed E-state index contributed by atoms with van der Waals surface area (Å²) >= 11 is 0. The Morgan fingerprint density at radius 1 is 1.20 bits per heavy atom. The van der Waals surface area contributed by atoms with Gasteiger partial charge in [-0.15, -0.1) is 0 Å². The molecule has 2 aliphatic rings. The van der Waals surface area contributed by atoms with Gasteiger partial charge in [-0.05, 0) is 109 Å². The van der Waals surface area contributed by atoms with Crippen molar-refractivity contribution in [3.8, 4) is 6.07 Å². The molecule has 1 aliphatic carbocycles. The molecule has 1 aliphatic heterocycles. The summed E-state index contributed by atoms with van der Waals surface area (Å²) in [5, 5.41) is 12.6. The molecule has 4 rings (SSSR count). The predicted molar refractivity (Wildman–Crippen MR) is 181 cm³/mol. The zero-order valence-corrected chi connectivity index (χ0v) is 29.5. The monoisotopic (exact) mass is 633 g/mol. The summed E-state index contributed by atoms with van der Waals surface area (Å²) in [4.78, 5) is 33.5. The SMILES string of the molecule is C[C@@H]1CCC[C@](C)(c2ccc(NC(=O)c3nc(C#N)cn3COCC[Si](C)(C)C)c(C3=CCCCC3)c2)N1C(=O)OC(C)(C)C. The Morgan fingerprint density at radius 3 is 2.60 bits per heavy atom. The van der Waals surface area contributed by atoms with Gasteiger partial charge in [0.15, 0.2) is 5.69 Å². The van der Waals surface area contributed by atoms with Crippen LogP contribution in [0, 0.1) is 11.3 Å². The third kappa shape index (κ3) is 8.64. The van der Waals surface area contributed by atoms with Crippen LogP contribution in [0.2, 0.25) is 25.7 Å². The molecule has 1 fully saturated rings. The number of likely N-dealkylation sites (tertiary alicyclic amines) is 1. The van der Waals surface area contributed by atoms with Crippen molar-refractivity contribution in [3.63, 3.8) is 0 Å². The number of rotatable bonds is 9. The maximum Gasteiger partial charge on any atom is 0.411 e. The molecular weight excluding hydrogens is 583 g/mol. The van der Waals surface area contributed by atoms with E-state index in [1.807, 2.05) is 37.8 Å². The van der Waals surface area contributed by atoms with Gasteiger partial charge in [-0.2, -0.15) is 5.26 Å². The van der Waals surface area contributed by atoms with Crippen molar-refractivity contribution < 1.29 is 19.1 Å². The van der Waals surface area contributed by atoms with Crippen LogP contribution in [0.3, 0.4) is 0 Å². The quantitative estimate of drug-likeness (QED) is 0.220. The molecule has 1 aromatic heterocycles.